The van der Waals surface area contributed by atoms with Gasteiger partial charge < -0.3 is 5.32 Å². The molecule has 0 heterocycles. The molecule has 0 fully saturated rings. The van der Waals surface area contributed by atoms with Crippen LogP contribution in [0.5, 0.6) is 0 Å². The number of hydrogen-bond acceptors (Lipinski definition) is 1. The number of aryl methyl sites for hydroxylation is 2. The van der Waals surface area contributed by atoms with Crippen molar-refractivity contribution < 1.29 is 4.39 Å². The van der Waals surface area contributed by atoms with Gasteiger partial charge in [0.15, 0.2) is 0 Å². The zero-order valence-electron chi connectivity index (χ0n) is 12.5. The average Bonchev–Trinajstić information content (AvgIpc) is 2.13. The Balaban J connectivity index is 2.90. The van der Waals surface area contributed by atoms with Crippen molar-refractivity contribution in [3.05, 3.63) is 34.6 Å². The van der Waals surface area contributed by atoms with Gasteiger partial charge in [0.05, 0.1) is 0 Å². The summed E-state index contributed by atoms with van der Waals surface area (Å²) in [6.07, 6.45) is 0.937. The highest BCUT2D eigenvalue weighted by Crippen LogP contribution is 2.32. The van der Waals surface area contributed by atoms with Gasteiger partial charge in [0.1, 0.15) is 5.82 Å². The van der Waals surface area contributed by atoms with Gasteiger partial charge in [0.2, 0.25) is 0 Å². The average molecular weight is 251 g/mol. The van der Waals surface area contributed by atoms with E-state index in [-0.39, 0.29) is 11.2 Å². The van der Waals surface area contributed by atoms with Gasteiger partial charge in [-0.25, -0.2) is 4.39 Å². The summed E-state index contributed by atoms with van der Waals surface area (Å²) < 4.78 is 14.2. The number of hydrogen-bond donors (Lipinski definition) is 1. The van der Waals surface area contributed by atoms with Crippen LogP contribution in [-0.4, -0.2) is 12.6 Å². The van der Waals surface area contributed by atoms with Crippen molar-refractivity contribution in [3.63, 3.8) is 0 Å². The molecule has 1 N–H and O–H groups in total. The molecule has 0 radical (unpaired) electrons. The molecule has 1 aromatic rings. The normalized spacial score (nSPS) is 12.2. The fourth-order valence-corrected chi connectivity index (χ4v) is 2.57. The molecule has 0 aliphatic carbocycles. The van der Waals surface area contributed by atoms with Crippen molar-refractivity contribution in [2.24, 2.45) is 0 Å². The lowest BCUT2D eigenvalue weighted by Gasteiger charge is -2.28. The topological polar surface area (TPSA) is 12.0 Å². The first-order chi connectivity index (χ1) is 8.24. The number of halogens is 1. The Hall–Kier alpha value is -0.890. The van der Waals surface area contributed by atoms with Crippen molar-refractivity contribution in [1.82, 2.24) is 5.32 Å². The molecule has 0 aliphatic heterocycles. The Labute approximate surface area is 111 Å². The van der Waals surface area contributed by atoms with Gasteiger partial charge in [0.25, 0.3) is 0 Å². The molecule has 0 saturated heterocycles. The second-order valence-electron chi connectivity index (χ2n) is 6.18. The molecule has 0 atom stereocenters. The summed E-state index contributed by atoms with van der Waals surface area (Å²) in [6, 6.07) is 4.18. The third kappa shape index (κ3) is 3.81. The zero-order chi connectivity index (χ0) is 13.9. The van der Waals surface area contributed by atoms with Crippen LogP contribution in [0.4, 0.5) is 4.39 Å². The van der Waals surface area contributed by atoms with Gasteiger partial charge in [-0.15, -0.1) is 0 Å². The van der Waals surface area contributed by atoms with E-state index >= 15 is 0 Å². The van der Waals surface area contributed by atoms with E-state index in [4.69, 9.17) is 0 Å². The minimum atomic E-state index is -0.135. The van der Waals surface area contributed by atoms with Crippen molar-refractivity contribution in [1.29, 1.82) is 0 Å². The van der Waals surface area contributed by atoms with Crippen LogP contribution in [-0.2, 0) is 5.41 Å². The van der Waals surface area contributed by atoms with Crippen LogP contribution in [0.1, 0.15) is 50.8 Å². The van der Waals surface area contributed by atoms with Crippen LogP contribution >= 0.6 is 0 Å². The van der Waals surface area contributed by atoms with E-state index in [9.17, 15) is 4.39 Å². The van der Waals surface area contributed by atoms with Gasteiger partial charge >= 0.3 is 0 Å². The summed E-state index contributed by atoms with van der Waals surface area (Å²) in [4.78, 5) is 0. The first kappa shape index (κ1) is 15.2. The molecule has 0 unspecified atom stereocenters. The summed E-state index contributed by atoms with van der Waals surface area (Å²) in [5, 5.41) is 3.40. The van der Waals surface area contributed by atoms with E-state index in [1.165, 1.54) is 0 Å². The number of benzene rings is 1. The Kier molecular flexibility index (Phi) is 4.92. The van der Waals surface area contributed by atoms with Crippen LogP contribution in [0.3, 0.4) is 0 Å². The molecule has 0 aliphatic rings. The highest BCUT2D eigenvalue weighted by molar-refractivity contribution is 5.37. The van der Waals surface area contributed by atoms with Crippen LogP contribution in [0.15, 0.2) is 12.1 Å². The Morgan fingerprint density at radius 1 is 1.22 bits per heavy atom. The summed E-state index contributed by atoms with van der Waals surface area (Å²) in [5.74, 6) is -0.0675. The summed E-state index contributed by atoms with van der Waals surface area (Å²) in [5.41, 5.74) is 2.77. The molecule has 18 heavy (non-hydrogen) atoms. The standard InChI is InChI=1S/C16H26FN/c1-11(2)18-8-7-16(5,6)15-13(4)9-12(3)10-14(15)17/h9-11,18H,7-8H2,1-6H3. The Morgan fingerprint density at radius 3 is 2.33 bits per heavy atom. The molecule has 0 spiro atoms. The predicted molar refractivity (Wildman–Crippen MR) is 76.7 cm³/mol. The van der Waals surface area contributed by atoms with E-state index in [2.05, 4.69) is 39.1 Å². The summed E-state index contributed by atoms with van der Waals surface area (Å²) in [7, 11) is 0. The predicted octanol–water partition coefficient (Wildman–Crippen LogP) is 4.11. The van der Waals surface area contributed by atoms with Crippen molar-refractivity contribution in [2.45, 2.75) is 59.4 Å². The van der Waals surface area contributed by atoms with E-state index in [0.29, 0.717) is 6.04 Å². The lowest BCUT2D eigenvalue weighted by atomic mass is 9.78. The van der Waals surface area contributed by atoms with Gasteiger partial charge in [-0.05, 0) is 55.0 Å². The lowest BCUT2D eigenvalue weighted by Crippen LogP contribution is -2.30. The van der Waals surface area contributed by atoms with Gasteiger partial charge in [-0.3, -0.25) is 0 Å². The second kappa shape index (κ2) is 5.83. The van der Waals surface area contributed by atoms with Crippen LogP contribution in [0.2, 0.25) is 0 Å². The fourth-order valence-electron chi connectivity index (χ4n) is 2.57. The number of nitrogens with one attached hydrogen (secondary N) is 1. The number of rotatable bonds is 5. The second-order valence-corrected chi connectivity index (χ2v) is 6.18. The smallest absolute Gasteiger partial charge is 0.127 e. The molecule has 102 valence electrons. The van der Waals surface area contributed by atoms with E-state index in [1.807, 2.05) is 13.8 Å². The summed E-state index contributed by atoms with van der Waals surface area (Å²) >= 11 is 0. The Morgan fingerprint density at radius 2 is 1.83 bits per heavy atom. The molecule has 2 heteroatoms. The maximum Gasteiger partial charge on any atom is 0.127 e. The van der Waals surface area contributed by atoms with Gasteiger partial charge in [0, 0.05) is 6.04 Å². The van der Waals surface area contributed by atoms with Gasteiger partial charge in [-0.2, -0.15) is 0 Å². The minimum absolute atomic E-state index is 0.0675. The largest absolute Gasteiger partial charge is 0.315 e. The fraction of sp³-hybridized carbons (Fsp3) is 0.625. The van der Waals surface area contributed by atoms with Crippen LogP contribution in [0, 0.1) is 19.7 Å². The first-order valence-electron chi connectivity index (χ1n) is 6.74. The maximum atomic E-state index is 14.2. The molecule has 0 aromatic heterocycles. The third-order valence-electron chi connectivity index (χ3n) is 3.41. The van der Waals surface area contributed by atoms with Crippen molar-refractivity contribution in [2.75, 3.05) is 6.54 Å². The molecule has 0 bridgehead atoms. The molecule has 1 rings (SSSR count). The van der Waals surface area contributed by atoms with Crippen LogP contribution < -0.4 is 5.32 Å². The lowest BCUT2D eigenvalue weighted by molar-refractivity contribution is 0.420. The molecule has 0 saturated carbocycles. The van der Waals surface area contributed by atoms with Crippen molar-refractivity contribution in [3.8, 4) is 0 Å². The van der Waals surface area contributed by atoms with E-state index < -0.39 is 0 Å². The third-order valence-corrected chi connectivity index (χ3v) is 3.41. The quantitative estimate of drug-likeness (QED) is 0.830. The molecule has 1 nitrogen and oxygen atoms in total. The molecule has 0 amide bonds. The highest BCUT2D eigenvalue weighted by Gasteiger charge is 2.25. The molecular weight excluding hydrogens is 225 g/mol. The molecular formula is C16H26FN. The monoisotopic (exact) mass is 251 g/mol. The molecule has 1 aromatic carbocycles. The Bertz CT molecular complexity index is 385. The first-order valence-corrected chi connectivity index (χ1v) is 6.74. The minimum Gasteiger partial charge on any atom is -0.315 e. The maximum absolute atomic E-state index is 14.2. The van der Waals surface area contributed by atoms with E-state index in [1.54, 1.807) is 6.07 Å². The van der Waals surface area contributed by atoms with Crippen LogP contribution in [0.25, 0.3) is 0 Å². The summed E-state index contributed by atoms with van der Waals surface area (Å²) in [6.45, 7) is 13.4. The highest BCUT2D eigenvalue weighted by atomic mass is 19.1. The van der Waals surface area contributed by atoms with Crippen molar-refractivity contribution >= 4 is 0 Å². The van der Waals surface area contributed by atoms with E-state index in [0.717, 1.165) is 29.7 Å². The van der Waals surface area contributed by atoms with Gasteiger partial charge in [-0.1, -0.05) is 33.8 Å². The zero-order valence-corrected chi connectivity index (χ0v) is 12.5. The SMILES string of the molecule is Cc1cc(C)c(C(C)(C)CCNC(C)C)c(F)c1.